The van der Waals surface area contributed by atoms with Crippen LogP contribution in [0.3, 0.4) is 0 Å². The van der Waals surface area contributed by atoms with Crippen LogP contribution < -0.4 is 10.5 Å². The summed E-state index contributed by atoms with van der Waals surface area (Å²) < 4.78 is 18.5. The van der Waals surface area contributed by atoms with Crippen molar-refractivity contribution in [2.45, 2.75) is 0 Å². The number of nitrogen functional groups attached to an aromatic ring is 1. The maximum atomic E-state index is 13.5. The molecule has 2 rings (SSSR count). The fourth-order valence-electron chi connectivity index (χ4n) is 1.19. The molecule has 7 nitrogen and oxygen atoms in total. The van der Waals surface area contributed by atoms with Crippen molar-refractivity contribution in [2.75, 3.05) is 5.73 Å². The summed E-state index contributed by atoms with van der Waals surface area (Å²) in [6.45, 7) is 0. The number of aromatic nitrogens is 2. The Morgan fingerprint density at radius 3 is 2.78 bits per heavy atom. The zero-order valence-corrected chi connectivity index (χ0v) is 8.91. The van der Waals surface area contributed by atoms with Crippen LogP contribution in [-0.2, 0) is 0 Å². The third kappa shape index (κ3) is 2.48. The summed E-state index contributed by atoms with van der Waals surface area (Å²) in [6, 6.07) is 4.30. The van der Waals surface area contributed by atoms with Crippen LogP contribution in [0.1, 0.15) is 0 Å². The summed E-state index contributed by atoms with van der Waals surface area (Å²) in [5, 5.41) is 10.4. The summed E-state index contributed by atoms with van der Waals surface area (Å²) in [5.74, 6) is -0.927. The predicted octanol–water partition coefficient (Wildman–Crippen LogP) is 1.90. The molecule has 0 aliphatic heterocycles. The summed E-state index contributed by atoms with van der Waals surface area (Å²) in [5.41, 5.74) is 5.03. The lowest BCUT2D eigenvalue weighted by atomic mass is 10.3. The third-order valence-electron chi connectivity index (χ3n) is 1.98. The maximum Gasteiger partial charge on any atom is 0.323 e. The first-order chi connectivity index (χ1) is 8.56. The van der Waals surface area contributed by atoms with Crippen molar-refractivity contribution in [2.24, 2.45) is 0 Å². The highest BCUT2D eigenvalue weighted by atomic mass is 19.1. The minimum Gasteiger partial charge on any atom is -0.421 e. The van der Waals surface area contributed by atoms with Gasteiger partial charge in [-0.25, -0.2) is 9.37 Å². The molecule has 0 fully saturated rings. The second-order valence-corrected chi connectivity index (χ2v) is 3.24. The number of nitrogens with zero attached hydrogens (tertiary/aromatic N) is 3. The Morgan fingerprint density at radius 2 is 2.17 bits per heavy atom. The molecular formula is C10H7FN4O3. The highest BCUT2D eigenvalue weighted by Gasteiger charge is 2.13. The quantitative estimate of drug-likeness (QED) is 0.658. The molecule has 8 heteroatoms. The van der Waals surface area contributed by atoms with Crippen molar-refractivity contribution < 1.29 is 14.1 Å². The third-order valence-corrected chi connectivity index (χ3v) is 1.98. The van der Waals surface area contributed by atoms with E-state index < -0.39 is 10.7 Å². The smallest absolute Gasteiger partial charge is 0.323 e. The molecule has 1 aromatic carbocycles. The molecule has 0 bridgehead atoms. The van der Waals surface area contributed by atoms with Gasteiger partial charge in [-0.15, -0.1) is 0 Å². The molecule has 0 aliphatic rings. The molecule has 2 aromatic rings. The maximum absolute atomic E-state index is 13.5. The summed E-state index contributed by atoms with van der Waals surface area (Å²) in [6.07, 6.45) is 1.35. The molecule has 0 aliphatic carbocycles. The number of hydrogen-bond donors (Lipinski definition) is 1. The van der Waals surface area contributed by atoms with Gasteiger partial charge in [0.25, 0.3) is 5.69 Å². The Kier molecular flexibility index (Phi) is 3.00. The molecule has 0 spiro atoms. The largest absolute Gasteiger partial charge is 0.421 e. The van der Waals surface area contributed by atoms with E-state index in [9.17, 15) is 14.5 Å². The SMILES string of the molecule is Nc1ccnc(Oc2ccc([N+](=O)[O-])cc2F)n1. The number of benzene rings is 1. The highest BCUT2D eigenvalue weighted by Crippen LogP contribution is 2.25. The number of nitro benzene ring substituents is 1. The molecule has 0 saturated carbocycles. The number of non-ortho nitro benzene ring substituents is 1. The number of nitro groups is 1. The second kappa shape index (κ2) is 4.62. The fraction of sp³-hybridized carbons (Fsp3) is 0. The molecule has 0 saturated heterocycles. The fourth-order valence-corrected chi connectivity index (χ4v) is 1.19. The van der Waals surface area contributed by atoms with Gasteiger partial charge in [-0.05, 0) is 12.1 Å². The second-order valence-electron chi connectivity index (χ2n) is 3.24. The molecular weight excluding hydrogens is 243 g/mol. The normalized spacial score (nSPS) is 10.1. The number of nitrogens with two attached hydrogens (primary N) is 1. The number of anilines is 1. The molecule has 0 atom stereocenters. The van der Waals surface area contributed by atoms with Gasteiger partial charge in [-0.1, -0.05) is 0 Å². The van der Waals surface area contributed by atoms with E-state index in [1.807, 2.05) is 0 Å². The van der Waals surface area contributed by atoms with E-state index in [-0.39, 0.29) is 23.3 Å². The summed E-state index contributed by atoms with van der Waals surface area (Å²) >= 11 is 0. The zero-order chi connectivity index (χ0) is 13.1. The molecule has 0 unspecified atom stereocenters. The van der Waals surface area contributed by atoms with Crippen LogP contribution in [0.5, 0.6) is 11.8 Å². The molecule has 1 aromatic heterocycles. The Labute approximate surface area is 100 Å². The summed E-state index contributed by atoms with van der Waals surface area (Å²) in [4.78, 5) is 17.2. The molecule has 18 heavy (non-hydrogen) atoms. The molecule has 2 N–H and O–H groups in total. The highest BCUT2D eigenvalue weighted by molar-refractivity contribution is 5.39. The van der Waals surface area contributed by atoms with Crippen molar-refractivity contribution in [3.05, 3.63) is 46.4 Å². The Morgan fingerprint density at radius 1 is 1.39 bits per heavy atom. The van der Waals surface area contributed by atoms with E-state index in [0.717, 1.165) is 18.2 Å². The first-order valence-corrected chi connectivity index (χ1v) is 4.76. The molecule has 92 valence electrons. The topological polar surface area (TPSA) is 104 Å². The average Bonchev–Trinajstić information content (AvgIpc) is 2.31. The van der Waals surface area contributed by atoms with Crippen LogP contribution in [0.2, 0.25) is 0 Å². The van der Waals surface area contributed by atoms with Gasteiger partial charge in [0.05, 0.1) is 11.0 Å². The van der Waals surface area contributed by atoms with Crippen molar-refractivity contribution in [3.63, 3.8) is 0 Å². The van der Waals surface area contributed by atoms with Crippen molar-refractivity contribution >= 4 is 11.5 Å². The number of ether oxygens (including phenoxy) is 1. The van der Waals surface area contributed by atoms with Gasteiger partial charge < -0.3 is 10.5 Å². The van der Waals surface area contributed by atoms with E-state index in [0.29, 0.717) is 0 Å². The van der Waals surface area contributed by atoms with E-state index in [4.69, 9.17) is 10.5 Å². The van der Waals surface area contributed by atoms with Gasteiger partial charge in [-0.2, -0.15) is 4.98 Å². The lowest BCUT2D eigenvalue weighted by Crippen LogP contribution is -1.97. The van der Waals surface area contributed by atoms with Crippen LogP contribution in [0, 0.1) is 15.9 Å². The van der Waals surface area contributed by atoms with Crippen LogP contribution in [0.4, 0.5) is 15.9 Å². The summed E-state index contributed by atoms with van der Waals surface area (Å²) in [7, 11) is 0. The van der Waals surface area contributed by atoms with Gasteiger partial charge in [-0.3, -0.25) is 10.1 Å². The van der Waals surface area contributed by atoms with E-state index >= 15 is 0 Å². The Bertz CT molecular complexity index is 605. The molecule has 1 heterocycles. The van der Waals surface area contributed by atoms with E-state index in [1.54, 1.807) is 0 Å². The van der Waals surface area contributed by atoms with Crippen molar-refractivity contribution in [1.82, 2.24) is 9.97 Å². The predicted molar refractivity (Wildman–Crippen MR) is 59.6 cm³/mol. The van der Waals surface area contributed by atoms with Crippen molar-refractivity contribution in [1.29, 1.82) is 0 Å². The van der Waals surface area contributed by atoms with E-state index in [1.165, 1.54) is 12.3 Å². The van der Waals surface area contributed by atoms with Gasteiger partial charge in [0.2, 0.25) is 0 Å². The van der Waals surface area contributed by atoms with Gasteiger partial charge in [0, 0.05) is 12.3 Å². The van der Waals surface area contributed by atoms with Crippen LogP contribution >= 0.6 is 0 Å². The van der Waals surface area contributed by atoms with Gasteiger partial charge in [0.15, 0.2) is 11.6 Å². The minimum atomic E-state index is -0.879. The monoisotopic (exact) mass is 250 g/mol. The van der Waals surface area contributed by atoms with Crippen molar-refractivity contribution in [3.8, 4) is 11.8 Å². The van der Waals surface area contributed by atoms with Gasteiger partial charge >= 0.3 is 6.01 Å². The minimum absolute atomic E-state index is 0.136. The lowest BCUT2D eigenvalue weighted by molar-refractivity contribution is -0.385. The van der Waals surface area contributed by atoms with Crippen LogP contribution in [0.15, 0.2) is 30.5 Å². The average molecular weight is 250 g/mol. The van der Waals surface area contributed by atoms with E-state index in [2.05, 4.69) is 9.97 Å². The van der Waals surface area contributed by atoms with Crippen LogP contribution in [-0.4, -0.2) is 14.9 Å². The lowest BCUT2D eigenvalue weighted by Gasteiger charge is -2.04. The molecule has 0 amide bonds. The Hall–Kier alpha value is -2.77. The standard InChI is InChI=1S/C10H7FN4O3/c11-7-5-6(15(16)17)1-2-8(7)18-10-13-4-3-9(12)14-10/h1-5H,(H2,12,13,14). The number of halogens is 1. The van der Waals surface area contributed by atoms with Gasteiger partial charge in [0.1, 0.15) is 5.82 Å². The number of rotatable bonds is 3. The van der Waals surface area contributed by atoms with Crippen LogP contribution in [0.25, 0.3) is 0 Å². The number of hydrogen-bond acceptors (Lipinski definition) is 6. The zero-order valence-electron chi connectivity index (χ0n) is 8.91. The first-order valence-electron chi connectivity index (χ1n) is 4.76. The Balaban J connectivity index is 2.27. The first kappa shape index (κ1) is 11.7. The molecule has 0 radical (unpaired) electrons.